The first-order valence-corrected chi connectivity index (χ1v) is 5.46. The van der Waals surface area contributed by atoms with Crippen molar-refractivity contribution >= 4 is 11.6 Å². The standard InChI is InChI=1S/C14H7F3N2O/c15-10-4-9(5-11(16)6-10)14(20)19-13-2-1-8(7-18)3-12(13)17/h1-6H,(H,19,20). The monoisotopic (exact) mass is 276 g/mol. The average Bonchev–Trinajstić information content (AvgIpc) is 2.39. The van der Waals surface area contributed by atoms with E-state index in [0.717, 1.165) is 18.2 Å². The topological polar surface area (TPSA) is 52.9 Å². The van der Waals surface area contributed by atoms with Gasteiger partial charge in [0.05, 0.1) is 17.3 Å². The fraction of sp³-hybridized carbons (Fsp3) is 0. The molecule has 6 heteroatoms. The molecule has 100 valence electrons. The SMILES string of the molecule is N#Cc1ccc(NC(=O)c2cc(F)cc(F)c2)c(F)c1. The molecule has 2 aromatic carbocycles. The fourth-order valence-electron chi connectivity index (χ4n) is 1.57. The molecule has 0 aromatic heterocycles. The van der Waals surface area contributed by atoms with E-state index in [9.17, 15) is 18.0 Å². The van der Waals surface area contributed by atoms with E-state index in [1.54, 1.807) is 6.07 Å². The molecule has 3 nitrogen and oxygen atoms in total. The summed E-state index contributed by atoms with van der Waals surface area (Å²) < 4.78 is 39.5. The summed E-state index contributed by atoms with van der Waals surface area (Å²) in [4.78, 5) is 11.7. The number of hydrogen-bond acceptors (Lipinski definition) is 2. The minimum absolute atomic E-state index is 0.0947. The van der Waals surface area contributed by atoms with E-state index >= 15 is 0 Å². The van der Waals surface area contributed by atoms with Crippen LogP contribution >= 0.6 is 0 Å². The van der Waals surface area contributed by atoms with Gasteiger partial charge in [0.25, 0.3) is 5.91 Å². The molecule has 0 saturated heterocycles. The maximum absolute atomic E-state index is 13.6. The van der Waals surface area contributed by atoms with E-state index in [4.69, 9.17) is 5.26 Å². The number of hydrogen-bond donors (Lipinski definition) is 1. The van der Waals surface area contributed by atoms with Crippen LogP contribution in [0.3, 0.4) is 0 Å². The molecule has 0 spiro atoms. The van der Waals surface area contributed by atoms with E-state index in [2.05, 4.69) is 5.32 Å². The summed E-state index contributed by atoms with van der Waals surface area (Å²) >= 11 is 0. The molecule has 20 heavy (non-hydrogen) atoms. The van der Waals surface area contributed by atoms with Crippen LogP contribution in [-0.4, -0.2) is 5.91 Å². The minimum Gasteiger partial charge on any atom is -0.319 e. The molecule has 0 heterocycles. The van der Waals surface area contributed by atoms with Crippen LogP contribution in [0.5, 0.6) is 0 Å². The number of anilines is 1. The highest BCUT2D eigenvalue weighted by Gasteiger charge is 2.12. The zero-order valence-electron chi connectivity index (χ0n) is 9.95. The van der Waals surface area contributed by atoms with Crippen molar-refractivity contribution in [2.24, 2.45) is 0 Å². The maximum atomic E-state index is 13.6. The Morgan fingerprint density at radius 3 is 2.25 bits per heavy atom. The van der Waals surface area contributed by atoms with Crippen LogP contribution < -0.4 is 5.32 Å². The normalized spacial score (nSPS) is 9.90. The minimum atomic E-state index is -0.907. The maximum Gasteiger partial charge on any atom is 0.255 e. The highest BCUT2D eigenvalue weighted by molar-refractivity contribution is 6.04. The third kappa shape index (κ3) is 2.95. The Bertz CT molecular complexity index is 703. The van der Waals surface area contributed by atoms with Crippen LogP contribution in [0.25, 0.3) is 0 Å². The molecule has 1 N–H and O–H groups in total. The van der Waals surface area contributed by atoms with Gasteiger partial charge in [0, 0.05) is 11.6 Å². The molecule has 0 atom stereocenters. The van der Waals surface area contributed by atoms with Crippen molar-refractivity contribution in [1.82, 2.24) is 0 Å². The number of nitrogens with one attached hydrogen (secondary N) is 1. The molecule has 1 amide bonds. The van der Waals surface area contributed by atoms with Crippen LogP contribution in [0, 0.1) is 28.8 Å². The van der Waals surface area contributed by atoms with Gasteiger partial charge in [0.15, 0.2) is 0 Å². The first-order valence-electron chi connectivity index (χ1n) is 5.46. The summed E-state index contributed by atoms with van der Waals surface area (Å²) in [6.45, 7) is 0. The van der Waals surface area contributed by atoms with Crippen LogP contribution in [0.4, 0.5) is 18.9 Å². The summed E-state index contributed by atoms with van der Waals surface area (Å²) in [6.07, 6.45) is 0. The molecule has 0 fully saturated rings. The first-order chi connectivity index (χ1) is 9.49. The van der Waals surface area contributed by atoms with Crippen molar-refractivity contribution in [2.45, 2.75) is 0 Å². The molecule has 0 radical (unpaired) electrons. The van der Waals surface area contributed by atoms with Crippen molar-refractivity contribution in [3.63, 3.8) is 0 Å². The Morgan fingerprint density at radius 2 is 1.70 bits per heavy atom. The second-order valence-electron chi connectivity index (χ2n) is 3.92. The Kier molecular flexibility index (Phi) is 3.71. The Balaban J connectivity index is 2.26. The van der Waals surface area contributed by atoms with Gasteiger partial charge in [-0.25, -0.2) is 13.2 Å². The van der Waals surface area contributed by atoms with Gasteiger partial charge in [0.2, 0.25) is 0 Å². The quantitative estimate of drug-likeness (QED) is 0.915. The number of nitrogens with zero attached hydrogens (tertiary/aromatic N) is 1. The molecule has 0 aliphatic heterocycles. The second-order valence-corrected chi connectivity index (χ2v) is 3.92. The molecule has 2 rings (SSSR count). The number of nitriles is 1. The zero-order chi connectivity index (χ0) is 14.7. The van der Waals surface area contributed by atoms with Gasteiger partial charge in [-0.15, -0.1) is 0 Å². The highest BCUT2D eigenvalue weighted by atomic mass is 19.1. The lowest BCUT2D eigenvalue weighted by molar-refractivity contribution is 0.102. The lowest BCUT2D eigenvalue weighted by Crippen LogP contribution is -2.13. The summed E-state index contributed by atoms with van der Waals surface area (Å²) in [6, 6.07) is 7.49. The van der Waals surface area contributed by atoms with Gasteiger partial charge in [-0.3, -0.25) is 4.79 Å². The summed E-state index contributed by atoms with van der Waals surface area (Å²) in [5, 5.41) is 10.8. The molecule has 0 unspecified atom stereocenters. The third-order valence-electron chi connectivity index (χ3n) is 2.47. The smallest absolute Gasteiger partial charge is 0.255 e. The van der Waals surface area contributed by atoms with Gasteiger partial charge >= 0.3 is 0 Å². The first kappa shape index (κ1) is 13.6. The van der Waals surface area contributed by atoms with Crippen molar-refractivity contribution in [3.8, 4) is 6.07 Å². The predicted molar refractivity (Wildman–Crippen MR) is 65.4 cm³/mol. The van der Waals surface area contributed by atoms with Crippen LogP contribution in [-0.2, 0) is 0 Å². The van der Waals surface area contributed by atoms with Gasteiger partial charge in [0.1, 0.15) is 17.5 Å². The van der Waals surface area contributed by atoms with Crippen molar-refractivity contribution < 1.29 is 18.0 Å². The summed E-state index contributed by atoms with van der Waals surface area (Å²) in [5.74, 6) is -3.48. The summed E-state index contributed by atoms with van der Waals surface area (Å²) in [7, 11) is 0. The van der Waals surface area contributed by atoms with Crippen molar-refractivity contribution in [1.29, 1.82) is 5.26 Å². The summed E-state index contributed by atoms with van der Waals surface area (Å²) in [5.41, 5.74) is -0.359. The second kappa shape index (κ2) is 5.45. The Labute approximate surface area is 112 Å². The van der Waals surface area contributed by atoms with Gasteiger partial charge in [-0.2, -0.15) is 5.26 Å². The Hall–Kier alpha value is -2.81. The number of carbonyl (C=O) groups is 1. The van der Waals surface area contributed by atoms with Gasteiger partial charge in [-0.1, -0.05) is 0 Å². The van der Waals surface area contributed by atoms with E-state index in [0.29, 0.717) is 6.07 Å². The molecule has 0 bridgehead atoms. The van der Waals surface area contributed by atoms with E-state index in [-0.39, 0.29) is 16.8 Å². The highest BCUT2D eigenvalue weighted by Crippen LogP contribution is 2.17. The molecular formula is C14H7F3N2O. The number of halogens is 3. The van der Waals surface area contributed by atoms with Gasteiger partial charge < -0.3 is 5.32 Å². The average molecular weight is 276 g/mol. The number of carbonyl (C=O) groups excluding carboxylic acids is 1. The predicted octanol–water partition coefficient (Wildman–Crippen LogP) is 3.23. The van der Waals surface area contributed by atoms with E-state index in [1.165, 1.54) is 12.1 Å². The van der Waals surface area contributed by atoms with Crippen molar-refractivity contribution in [2.75, 3.05) is 5.32 Å². The molecule has 0 aliphatic carbocycles. The van der Waals surface area contributed by atoms with Crippen molar-refractivity contribution in [3.05, 3.63) is 65.0 Å². The van der Waals surface area contributed by atoms with Crippen LogP contribution in [0.2, 0.25) is 0 Å². The Morgan fingerprint density at radius 1 is 1.05 bits per heavy atom. The zero-order valence-corrected chi connectivity index (χ0v) is 9.95. The van der Waals surface area contributed by atoms with E-state index in [1.807, 2.05) is 0 Å². The largest absolute Gasteiger partial charge is 0.319 e. The molecule has 0 saturated carbocycles. The van der Waals surface area contributed by atoms with E-state index < -0.39 is 23.4 Å². The van der Waals surface area contributed by atoms with Gasteiger partial charge in [-0.05, 0) is 30.3 Å². The van der Waals surface area contributed by atoms with Crippen LogP contribution in [0.15, 0.2) is 36.4 Å². The third-order valence-corrected chi connectivity index (χ3v) is 2.47. The molecule has 2 aromatic rings. The number of rotatable bonds is 2. The molecule has 0 aliphatic rings. The van der Waals surface area contributed by atoms with Crippen LogP contribution in [0.1, 0.15) is 15.9 Å². The molecular weight excluding hydrogens is 269 g/mol. The lowest BCUT2D eigenvalue weighted by Gasteiger charge is -2.07. The lowest BCUT2D eigenvalue weighted by atomic mass is 10.1. The number of benzene rings is 2. The fourth-order valence-corrected chi connectivity index (χ4v) is 1.57. The number of amides is 1.